The first-order valence-electron chi connectivity index (χ1n) is 9.82. The van der Waals surface area contributed by atoms with Gasteiger partial charge in [0.05, 0.1) is 10.1 Å². The minimum Gasteiger partial charge on any atom is -0.478 e. The first-order chi connectivity index (χ1) is 12.4. The topological polar surface area (TPSA) is 50.1 Å². The third-order valence-corrected chi connectivity index (χ3v) is 7.34. The highest BCUT2D eigenvalue weighted by molar-refractivity contribution is 6.45. The molecular formula is C21H27Cl2NO2. The van der Waals surface area contributed by atoms with E-state index in [9.17, 15) is 10.1 Å². The average Bonchev–Trinajstić information content (AvgIpc) is 3.24. The van der Waals surface area contributed by atoms with Gasteiger partial charge in [-0.05, 0) is 43.9 Å². The van der Waals surface area contributed by atoms with Gasteiger partial charge in [-0.1, -0.05) is 56.3 Å². The maximum atomic E-state index is 13.2. The fourth-order valence-corrected chi connectivity index (χ4v) is 5.50. The summed E-state index contributed by atoms with van der Waals surface area (Å²) in [6.45, 7) is 4.19. The molecule has 3 rings (SSSR count). The molecule has 3 nitrogen and oxygen atoms in total. The van der Waals surface area contributed by atoms with Gasteiger partial charge in [-0.2, -0.15) is 5.26 Å². The summed E-state index contributed by atoms with van der Waals surface area (Å²) in [6.07, 6.45) is 8.15. The monoisotopic (exact) mass is 395 g/mol. The van der Waals surface area contributed by atoms with Gasteiger partial charge in [0.15, 0.2) is 11.9 Å². The lowest BCUT2D eigenvalue weighted by atomic mass is 9.73. The molecule has 5 heteroatoms. The molecule has 3 atom stereocenters. The van der Waals surface area contributed by atoms with Gasteiger partial charge in [0, 0.05) is 17.4 Å². The Labute approximate surface area is 166 Å². The van der Waals surface area contributed by atoms with Crippen molar-refractivity contribution >= 4 is 29.0 Å². The van der Waals surface area contributed by atoms with E-state index in [2.05, 4.69) is 19.9 Å². The normalized spacial score (nSPS) is 30.6. The lowest BCUT2D eigenvalue weighted by Crippen LogP contribution is -2.30. The summed E-state index contributed by atoms with van der Waals surface area (Å²) in [6, 6.07) is 2.21. The number of halogens is 2. The molecule has 0 heterocycles. The van der Waals surface area contributed by atoms with Crippen molar-refractivity contribution in [2.24, 2.45) is 17.3 Å². The van der Waals surface area contributed by atoms with Crippen LogP contribution in [-0.2, 0) is 9.53 Å². The van der Waals surface area contributed by atoms with E-state index in [1.807, 2.05) is 0 Å². The third-order valence-electron chi connectivity index (χ3n) is 6.45. The first-order valence-corrected chi connectivity index (χ1v) is 10.6. The van der Waals surface area contributed by atoms with E-state index < -0.39 is 6.10 Å². The summed E-state index contributed by atoms with van der Waals surface area (Å²) in [5.41, 5.74) is 0.362. The molecule has 0 N–H and O–H groups in total. The number of allylic oxidation sites excluding steroid dienone is 4. The number of nitriles is 1. The Kier molecular flexibility index (Phi) is 6.04. The number of fused-ring (bicyclic) bond motifs is 1. The molecule has 3 aliphatic carbocycles. The highest BCUT2D eigenvalue weighted by atomic mass is 35.5. The molecule has 0 aromatic carbocycles. The zero-order chi connectivity index (χ0) is 18.9. The number of hydrogen-bond donors (Lipinski definition) is 0. The summed E-state index contributed by atoms with van der Waals surface area (Å²) in [5, 5.41) is 10.0. The molecule has 0 saturated heterocycles. The third kappa shape index (κ3) is 3.43. The number of ether oxygens (including phenoxy) is 1. The molecule has 2 saturated carbocycles. The van der Waals surface area contributed by atoms with Crippen LogP contribution in [0.1, 0.15) is 71.6 Å². The lowest BCUT2D eigenvalue weighted by Gasteiger charge is -2.29. The molecule has 0 spiro atoms. The molecule has 0 aromatic heterocycles. The summed E-state index contributed by atoms with van der Waals surface area (Å²) >= 11 is 13.0. The van der Waals surface area contributed by atoms with Gasteiger partial charge in [0.1, 0.15) is 11.8 Å². The van der Waals surface area contributed by atoms with E-state index in [0.29, 0.717) is 40.2 Å². The number of nitrogens with zero attached hydrogens (tertiary/aromatic N) is 1. The van der Waals surface area contributed by atoms with Gasteiger partial charge < -0.3 is 4.74 Å². The minimum absolute atomic E-state index is 0.0589. The second-order valence-corrected chi connectivity index (χ2v) is 8.93. The van der Waals surface area contributed by atoms with Crippen molar-refractivity contribution in [2.75, 3.05) is 0 Å². The number of carbonyl (C=O) groups excluding carboxylic acids is 1. The first kappa shape index (κ1) is 19.8. The van der Waals surface area contributed by atoms with Gasteiger partial charge in [-0.3, -0.25) is 4.79 Å². The van der Waals surface area contributed by atoms with Crippen molar-refractivity contribution < 1.29 is 9.53 Å². The average molecular weight is 396 g/mol. The predicted molar refractivity (Wildman–Crippen MR) is 104 cm³/mol. The molecule has 0 aliphatic heterocycles. The molecule has 0 radical (unpaired) electrons. The number of ketones is 1. The van der Waals surface area contributed by atoms with E-state index in [1.165, 1.54) is 12.8 Å². The van der Waals surface area contributed by atoms with Crippen LogP contribution >= 0.6 is 23.2 Å². The Morgan fingerprint density at radius 2 is 2.00 bits per heavy atom. The Balaban J connectivity index is 1.82. The van der Waals surface area contributed by atoms with Gasteiger partial charge in [0.25, 0.3) is 0 Å². The molecule has 3 aliphatic rings. The zero-order valence-electron chi connectivity index (χ0n) is 15.6. The van der Waals surface area contributed by atoms with Gasteiger partial charge in [0.2, 0.25) is 0 Å². The molecule has 0 bridgehead atoms. The van der Waals surface area contributed by atoms with Crippen LogP contribution in [0, 0.1) is 28.6 Å². The molecule has 2 fully saturated rings. The van der Waals surface area contributed by atoms with E-state index >= 15 is 0 Å². The highest BCUT2D eigenvalue weighted by Gasteiger charge is 2.53. The Bertz CT molecular complexity index is 685. The SMILES string of the molecule is CCCCC(C#N)OC1=C(Cl)C(Cl)=C2C(=O)C(C)(C3CCCC3)CC2C1. The predicted octanol–water partition coefficient (Wildman–Crippen LogP) is 6.22. The van der Waals surface area contributed by atoms with Crippen LogP contribution < -0.4 is 0 Å². The fraction of sp³-hybridized carbons (Fsp3) is 0.714. The van der Waals surface area contributed by atoms with E-state index in [-0.39, 0.29) is 17.1 Å². The fourth-order valence-electron chi connectivity index (χ4n) is 4.93. The largest absolute Gasteiger partial charge is 0.478 e. The molecular weight excluding hydrogens is 369 g/mol. The van der Waals surface area contributed by atoms with Crippen molar-refractivity contribution in [2.45, 2.75) is 77.7 Å². The Morgan fingerprint density at radius 3 is 2.62 bits per heavy atom. The van der Waals surface area contributed by atoms with E-state index in [1.54, 1.807) is 0 Å². The summed E-state index contributed by atoms with van der Waals surface area (Å²) in [7, 11) is 0. The van der Waals surface area contributed by atoms with Gasteiger partial charge >= 0.3 is 0 Å². The van der Waals surface area contributed by atoms with Crippen molar-refractivity contribution in [1.29, 1.82) is 5.26 Å². The van der Waals surface area contributed by atoms with Crippen LogP contribution in [0.25, 0.3) is 0 Å². The Morgan fingerprint density at radius 1 is 1.31 bits per heavy atom. The highest BCUT2D eigenvalue weighted by Crippen LogP contribution is 2.57. The number of unbranched alkanes of at least 4 members (excludes halogenated alkanes) is 1. The van der Waals surface area contributed by atoms with Crippen LogP contribution in [0.3, 0.4) is 0 Å². The second kappa shape index (κ2) is 7.95. The smallest absolute Gasteiger partial charge is 0.184 e. The number of carbonyl (C=O) groups is 1. The summed E-state index contributed by atoms with van der Waals surface area (Å²) in [5.74, 6) is 1.26. The number of Topliss-reactive ketones (excluding diaryl/α,β-unsaturated/α-hetero) is 1. The van der Waals surface area contributed by atoms with Crippen LogP contribution in [0.5, 0.6) is 0 Å². The van der Waals surface area contributed by atoms with E-state index in [4.69, 9.17) is 27.9 Å². The molecule has 26 heavy (non-hydrogen) atoms. The van der Waals surface area contributed by atoms with Crippen LogP contribution in [0.4, 0.5) is 0 Å². The summed E-state index contributed by atoms with van der Waals surface area (Å²) in [4.78, 5) is 13.2. The molecule has 0 amide bonds. The maximum absolute atomic E-state index is 13.2. The molecule has 0 aromatic rings. The molecule has 142 valence electrons. The van der Waals surface area contributed by atoms with Gasteiger partial charge in [-0.25, -0.2) is 0 Å². The van der Waals surface area contributed by atoms with Crippen molar-refractivity contribution in [3.05, 3.63) is 21.4 Å². The van der Waals surface area contributed by atoms with Crippen LogP contribution in [0.2, 0.25) is 0 Å². The quantitative estimate of drug-likeness (QED) is 0.536. The zero-order valence-corrected chi connectivity index (χ0v) is 17.1. The van der Waals surface area contributed by atoms with Crippen molar-refractivity contribution in [3.8, 4) is 6.07 Å². The van der Waals surface area contributed by atoms with Crippen molar-refractivity contribution in [3.63, 3.8) is 0 Å². The lowest BCUT2D eigenvalue weighted by molar-refractivity contribution is -0.124. The van der Waals surface area contributed by atoms with Crippen molar-refractivity contribution in [1.82, 2.24) is 0 Å². The molecule has 3 unspecified atom stereocenters. The Hall–Kier alpha value is -0.980. The summed E-state index contributed by atoms with van der Waals surface area (Å²) < 4.78 is 5.92. The van der Waals surface area contributed by atoms with E-state index in [0.717, 1.165) is 32.1 Å². The minimum atomic E-state index is -0.511. The number of hydrogen-bond acceptors (Lipinski definition) is 3. The van der Waals surface area contributed by atoms with Crippen LogP contribution in [0.15, 0.2) is 21.4 Å². The maximum Gasteiger partial charge on any atom is 0.184 e. The standard InChI is InChI=1S/C21H27Cl2NO2/c1-3-4-9-15(12-24)26-16-10-13-11-21(2,14-7-5-6-8-14)20(25)17(13)19(23)18(16)22/h13-15H,3-11H2,1-2H3. The second-order valence-electron chi connectivity index (χ2n) is 8.18. The number of rotatable bonds is 6. The van der Waals surface area contributed by atoms with Gasteiger partial charge in [-0.15, -0.1) is 0 Å². The van der Waals surface area contributed by atoms with Crippen LogP contribution in [-0.4, -0.2) is 11.9 Å².